The van der Waals surface area contributed by atoms with Crippen molar-refractivity contribution >= 4 is 32.4 Å². The normalized spacial score (nSPS) is 18.9. The van der Waals surface area contributed by atoms with E-state index in [0.717, 1.165) is 22.2 Å². The molecule has 1 N–H and O–H groups in total. The van der Waals surface area contributed by atoms with Crippen LogP contribution in [0.4, 0.5) is 5.13 Å². The zero-order valence-corrected chi connectivity index (χ0v) is 12.0. The van der Waals surface area contributed by atoms with Gasteiger partial charge in [0, 0.05) is 11.9 Å². The lowest BCUT2D eigenvalue weighted by Crippen LogP contribution is -2.30. The highest BCUT2D eigenvalue weighted by Crippen LogP contribution is 2.22. The summed E-state index contributed by atoms with van der Waals surface area (Å²) in [5.41, 5.74) is 0. The van der Waals surface area contributed by atoms with Crippen LogP contribution in [0.5, 0.6) is 0 Å². The van der Waals surface area contributed by atoms with E-state index in [1.807, 2.05) is 5.38 Å². The van der Waals surface area contributed by atoms with Gasteiger partial charge in [-0.1, -0.05) is 0 Å². The number of rotatable bonds is 4. The Kier molecular flexibility index (Phi) is 4.61. The van der Waals surface area contributed by atoms with Crippen molar-refractivity contribution in [3.05, 3.63) is 9.98 Å². The average Bonchev–Trinajstić information content (AvgIpc) is 2.67. The molecule has 1 aromatic heterocycles. The summed E-state index contributed by atoms with van der Waals surface area (Å²) in [7, 11) is 2.21. The van der Waals surface area contributed by atoms with Gasteiger partial charge in [0.2, 0.25) is 0 Å². The first-order chi connectivity index (χ1) is 7.74. The zero-order valence-electron chi connectivity index (χ0n) is 9.58. The van der Waals surface area contributed by atoms with Crippen LogP contribution >= 0.6 is 27.3 Å². The molecule has 0 bridgehead atoms. The van der Waals surface area contributed by atoms with E-state index in [9.17, 15) is 0 Å². The first-order valence-electron chi connectivity index (χ1n) is 5.77. The van der Waals surface area contributed by atoms with Crippen molar-refractivity contribution in [2.75, 3.05) is 32.0 Å². The third kappa shape index (κ3) is 3.71. The summed E-state index contributed by atoms with van der Waals surface area (Å²) >= 11 is 5.02. The van der Waals surface area contributed by atoms with Crippen molar-refractivity contribution in [2.45, 2.75) is 19.3 Å². The molecule has 1 aliphatic heterocycles. The smallest absolute Gasteiger partial charge is 0.183 e. The molecule has 0 aromatic carbocycles. The molecule has 2 rings (SSSR count). The molecular weight excluding hydrogens is 286 g/mol. The molecule has 90 valence electrons. The van der Waals surface area contributed by atoms with Crippen molar-refractivity contribution in [3.63, 3.8) is 0 Å². The van der Waals surface area contributed by atoms with Crippen LogP contribution in [0, 0.1) is 5.92 Å². The third-order valence-electron chi connectivity index (χ3n) is 3.14. The monoisotopic (exact) mass is 303 g/mol. The maximum Gasteiger partial charge on any atom is 0.183 e. The highest BCUT2D eigenvalue weighted by Gasteiger charge is 2.15. The van der Waals surface area contributed by atoms with E-state index < -0.39 is 0 Å². The number of nitrogens with one attached hydrogen (secondary N) is 1. The molecule has 3 nitrogen and oxygen atoms in total. The Morgan fingerprint density at radius 3 is 2.94 bits per heavy atom. The second kappa shape index (κ2) is 5.98. The fourth-order valence-electron chi connectivity index (χ4n) is 2.07. The Labute approximate surface area is 109 Å². The number of aromatic nitrogens is 1. The van der Waals surface area contributed by atoms with Crippen LogP contribution in [0.1, 0.15) is 19.3 Å². The van der Waals surface area contributed by atoms with Gasteiger partial charge < -0.3 is 10.2 Å². The standard InChI is InChI=1S/C11H18BrN3S/c1-15-6-3-9(4-7-15)2-5-13-11-14-10(12)8-16-11/h8-9H,2-7H2,1H3,(H,13,14). The Hall–Kier alpha value is -0.130. The van der Waals surface area contributed by atoms with Crippen molar-refractivity contribution < 1.29 is 0 Å². The van der Waals surface area contributed by atoms with Gasteiger partial charge in [-0.2, -0.15) is 0 Å². The minimum Gasteiger partial charge on any atom is -0.361 e. The van der Waals surface area contributed by atoms with E-state index in [1.54, 1.807) is 11.3 Å². The quantitative estimate of drug-likeness (QED) is 0.926. The van der Waals surface area contributed by atoms with Gasteiger partial charge in [-0.05, 0) is 61.2 Å². The number of piperidine rings is 1. The van der Waals surface area contributed by atoms with Crippen LogP contribution < -0.4 is 5.32 Å². The lowest BCUT2D eigenvalue weighted by atomic mass is 9.94. The lowest BCUT2D eigenvalue weighted by molar-refractivity contribution is 0.215. The molecule has 1 saturated heterocycles. The molecule has 16 heavy (non-hydrogen) atoms. The molecule has 1 fully saturated rings. The Bertz CT molecular complexity index is 321. The maximum absolute atomic E-state index is 4.32. The number of hydrogen-bond acceptors (Lipinski definition) is 4. The largest absolute Gasteiger partial charge is 0.361 e. The Morgan fingerprint density at radius 1 is 1.56 bits per heavy atom. The van der Waals surface area contributed by atoms with E-state index in [4.69, 9.17) is 0 Å². The fourth-order valence-corrected chi connectivity index (χ4v) is 3.24. The van der Waals surface area contributed by atoms with Gasteiger partial charge in [0.15, 0.2) is 5.13 Å². The number of halogens is 1. The third-order valence-corrected chi connectivity index (χ3v) is 4.65. The van der Waals surface area contributed by atoms with Gasteiger partial charge in [0.25, 0.3) is 0 Å². The van der Waals surface area contributed by atoms with Crippen molar-refractivity contribution in [3.8, 4) is 0 Å². The predicted octanol–water partition coefficient (Wildman–Crippen LogP) is 3.05. The topological polar surface area (TPSA) is 28.2 Å². The molecular formula is C11H18BrN3S. The minimum absolute atomic E-state index is 0.895. The van der Waals surface area contributed by atoms with Crippen LogP contribution in [0.2, 0.25) is 0 Å². The fraction of sp³-hybridized carbons (Fsp3) is 0.727. The molecule has 0 radical (unpaired) electrons. The van der Waals surface area contributed by atoms with E-state index >= 15 is 0 Å². The molecule has 0 amide bonds. The van der Waals surface area contributed by atoms with Gasteiger partial charge >= 0.3 is 0 Å². The van der Waals surface area contributed by atoms with Gasteiger partial charge in [-0.3, -0.25) is 0 Å². The van der Waals surface area contributed by atoms with Gasteiger partial charge in [-0.15, -0.1) is 11.3 Å². The second-order valence-electron chi connectivity index (χ2n) is 4.44. The number of anilines is 1. The summed E-state index contributed by atoms with van der Waals surface area (Å²) in [5.74, 6) is 0.895. The molecule has 5 heteroatoms. The summed E-state index contributed by atoms with van der Waals surface area (Å²) in [6, 6.07) is 0. The molecule has 1 aliphatic rings. The van der Waals surface area contributed by atoms with Crippen LogP contribution in [-0.2, 0) is 0 Å². The first kappa shape index (κ1) is 12.3. The number of thiazole rings is 1. The van der Waals surface area contributed by atoms with Crippen molar-refractivity contribution in [2.24, 2.45) is 5.92 Å². The van der Waals surface area contributed by atoms with Gasteiger partial charge in [0.1, 0.15) is 4.60 Å². The zero-order chi connectivity index (χ0) is 11.4. The van der Waals surface area contributed by atoms with Crippen molar-refractivity contribution in [1.29, 1.82) is 0 Å². The molecule has 0 spiro atoms. The molecule has 0 unspecified atom stereocenters. The maximum atomic E-state index is 4.32. The van der Waals surface area contributed by atoms with E-state index in [-0.39, 0.29) is 0 Å². The molecule has 0 aliphatic carbocycles. The van der Waals surface area contributed by atoms with Gasteiger partial charge in [0.05, 0.1) is 0 Å². The summed E-state index contributed by atoms with van der Waals surface area (Å²) in [5, 5.41) is 6.43. The van der Waals surface area contributed by atoms with Crippen LogP contribution in [0.15, 0.2) is 9.98 Å². The highest BCUT2D eigenvalue weighted by atomic mass is 79.9. The number of likely N-dealkylation sites (tertiary alicyclic amines) is 1. The Morgan fingerprint density at radius 2 is 2.31 bits per heavy atom. The second-order valence-corrected chi connectivity index (χ2v) is 6.11. The Balaban J connectivity index is 1.64. The van der Waals surface area contributed by atoms with Crippen molar-refractivity contribution in [1.82, 2.24) is 9.88 Å². The summed E-state index contributed by atoms with van der Waals surface area (Å²) in [6.07, 6.45) is 3.96. The highest BCUT2D eigenvalue weighted by molar-refractivity contribution is 9.10. The molecule has 2 heterocycles. The average molecular weight is 304 g/mol. The summed E-state index contributed by atoms with van der Waals surface area (Å²) < 4.78 is 0.930. The van der Waals surface area contributed by atoms with E-state index in [1.165, 1.54) is 32.4 Å². The SMILES string of the molecule is CN1CCC(CCNc2nc(Br)cs2)CC1. The van der Waals surface area contributed by atoms with Crippen LogP contribution in [0.25, 0.3) is 0 Å². The van der Waals surface area contributed by atoms with E-state index in [0.29, 0.717) is 0 Å². The molecule has 0 saturated carbocycles. The summed E-state index contributed by atoms with van der Waals surface area (Å²) in [4.78, 5) is 6.74. The predicted molar refractivity (Wildman–Crippen MR) is 73.1 cm³/mol. The number of nitrogens with zero attached hydrogens (tertiary/aromatic N) is 2. The van der Waals surface area contributed by atoms with E-state index in [2.05, 4.69) is 38.2 Å². The molecule has 1 aromatic rings. The first-order valence-corrected chi connectivity index (χ1v) is 7.45. The molecule has 0 atom stereocenters. The lowest BCUT2D eigenvalue weighted by Gasteiger charge is -2.28. The van der Waals surface area contributed by atoms with Crippen LogP contribution in [-0.4, -0.2) is 36.6 Å². The van der Waals surface area contributed by atoms with Gasteiger partial charge in [-0.25, -0.2) is 4.98 Å². The van der Waals surface area contributed by atoms with Crippen LogP contribution in [0.3, 0.4) is 0 Å². The summed E-state index contributed by atoms with van der Waals surface area (Å²) in [6.45, 7) is 3.56. The number of hydrogen-bond donors (Lipinski definition) is 1. The minimum atomic E-state index is 0.895.